The average molecular weight is 463 g/mol. The van der Waals surface area contributed by atoms with Gasteiger partial charge in [0.25, 0.3) is 0 Å². The van der Waals surface area contributed by atoms with Crippen molar-refractivity contribution in [3.8, 4) is 0 Å². The number of likely N-dealkylation sites (tertiary alicyclic amines) is 1. The van der Waals surface area contributed by atoms with Crippen LogP contribution < -0.4 is 16.0 Å². The summed E-state index contributed by atoms with van der Waals surface area (Å²) in [5.41, 5.74) is 0. The van der Waals surface area contributed by atoms with Gasteiger partial charge in [0.1, 0.15) is 5.76 Å². The molecule has 7 nitrogen and oxygen atoms in total. The third-order valence-corrected chi connectivity index (χ3v) is 4.15. The number of furan rings is 1. The summed E-state index contributed by atoms with van der Waals surface area (Å²) in [6, 6.07) is 4.05. The van der Waals surface area contributed by atoms with Crippen LogP contribution in [0, 0.1) is 0 Å². The molecule has 1 fully saturated rings. The van der Waals surface area contributed by atoms with Gasteiger partial charge in [-0.15, -0.1) is 24.0 Å². The van der Waals surface area contributed by atoms with Crippen LogP contribution >= 0.6 is 24.0 Å². The molecule has 0 atom stereocenters. The van der Waals surface area contributed by atoms with Gasteiger partial charge >= 0.3 is 0 Å². The van der Waals surface area contributed by atoms with Crippen LogP contribution in [-0.2, 0) is 11.3 Å². The first-order valence-corrected chi connectivity index (χ1v) is 8.70. The van der Waals surface area contributed by atoms with E-state index in [9.17, 15) is 4.79 Å². The molecule has 0 aliphatic carbocycles. The van der Waals surface area contributed by atoms with E-state index < -0.39 is 0 Å². The van der Waals surface area contributed by atoms with Gasteiger partial charge in [0.05, 0.1) is 19.4 Å². The van der Waals surface area contributed by atoms with E-state index in [0.717, 1.165) is 31.7 Å². The van der Waals surface area contributed by atoms with E-state index >= 15 is 0 Å². The molecular formula is C17H30IN5O2. The fourth-order valence-corrected chi connectivity index (χ4v) is 2.83. The topological polar surface area (TPSA) is 81.9 Å². The van der Waals surface area contributed by atoms with Crippen molar-refractivity contribution in [1.82, 2.24) is 20.9 Å². The lowest BCUT2D eigenvalue weighted by atomic mass is 10.1. The number of rotatable bonds is 7. The molecule has 1 saturated heterocycles. The zero-order chi connectivity index (χ0) is 17.2. The van der Waals surface area contributed by atoms with Crippen LogP contribution in [0.3, 0.4) is 0 Å². The van der Waals surface area contributed by atoms with E-state index in [4.69, 9.17) is 4.42 Å². The molecule has 0 bridgehead atoms. The highest BCUT2D eigenvalue weighted by molar-refractivity contribution is 14.0. The number of piperidine rings is 1. The number of guanidine groups is 1. The Morgan fingerprint density at radius 1 is 1.36 bits per heavy atom. The SMILES string of the molecule is CCCN1CCC(NC(=NC)NCC(=O)NCc2ccco2)CC1.I. The van der Waals surface area contributed by atoms with E-state index in [1.807, 2.05) is 6.07 Å². The number of hydrogen-bond acceptors (Lipinski definition) is 4. The average Bonchev–Trinajstić information content (AvgIpc) is 3.12. The van der Waals surface area contributed by atoms with Crippen LogP contribution in [0.5, 0.6) is 0 Å². The second-order valence-electron chi connectivity index (χ2n) is 6.04. The van der Waals surface area contributed by atoms with E-state index in [1.54, 1.807) is 19.4 Å². The Morgan fingerprint density at radius 2 is 2.12 bits per heavy atom. The zero-order valence-corrected chi connectivity index (χ0v) is 17.4. The summed E-state index contributed by atoms with van der Waals surface area (Å²) in [7, 11) is 1.72. The smallest absolute Gasteiger partial charge is 0.239 e. The fourth-order valence-electron chi connectivity index (χ4n) is 2.83. The lowest BCUT2D eigenvalue weighted by Crippen LogP contribution is -2.50. The number of carbonyl (C=O) groups is 1. The molecule has 1 amide bonds. The number of hydrogen-bond donors (Lipinski definition) is 3. The van der Waals surface area contributed by atoms with Gasteiger partial charge in [-0.2, -0.15) is 0 Å². The number of amides is 1. The van der Waals surface area contributed by atoms with Crippen molar-refractivity contribution in [2.24, 2.45) is 4.99 Å². The van der Waals surface area contributed by atoms with Crippen LogP contribution in [0.25, 0.3) is 0 Å². The number of halogens is 1. The van der Waals surface area contributed by atoms with Crippen LogP contribution in [0.15, 0.2) is 27.8 Å². The minimum absolute atomic E-state index is 0. The van der Waals surface area contributed by atoms with Crippen LogP contribution in [0.1, 0.15) is 31.9 Å². The van der Waals surface area contributed by atoms with Gasteiger partial charge in [-0.05, 0) is 37.9 Å². The standard InChI is InChI=1S/C17H29N5O2.HI/c1-3-8-22-9-6-14(7-10-22)21-17(18-2)20-13-16(23)19-12-15-5-4-11-24-15;/h4-5,11,14H,3,6-10,12-13H2,1-2H3,(H,19,23)(H2,18,20,21);1H. The van der Waals surface area contributed by atoms with E-state index in [0.29, 0.717) is 18.5 Å². The maximum absolute atomic E-state index is 11.9. The highest BCUT2D eigenvalue weighted by Gasteiger charge is 2.19. The first-order chi connectivity index (χ1) is 11.7. The molecule has 2 rings (SSSR count). The lowest BCUT2D eigenvalue weighted by molar-refractivity contribution is -0.120. The van der Waals surface area contributed by atoms with E-state index in [1.165, 1.54) is 13.0 Å². The van der Waals surface area contributed by atoms with Crippen molar-refractivity contribution in [1.29, 1.82) is 0 Å². The number of nitrogens with zero attached hydrogens (tertiary/aromatic N) is 2. The monoisotopic (exact) mass is 463 g/mol. The first kappa shape index (κ1) is 21.8. The quantitative estimate of drug-likeness (QED) is 0.325. The Kier molecular flexibility index (Phi) is 10.6. The van der Waals surface area contributed by atoms with Gasteiger partial charge in [-0.3, -0.25) is 9.79 Å². The molecule has 1 aliphatic heterocycles. The van der Waals surface area contributed by atoms with Crippen molar-refractivity contribution in [2.75, 3.05) is 33.2 Å². The number of nitrogens with one attached hydrogen (secondary N) is 3. The molecule has 8 heteroatoms. The Labute approximate surface area is 167 Å². The molecule has 0 unspecified atom stereocenters. The Hall–Kier alpha value is -1.29. The highest BCUT2D eigenvalue weighted by atomic mass is 127. The maximum atomic E-state index is 11.9. The first-order valence-electron chi connectivity index (χ1n) is 8.70. The summed E-state index contributed by atoms with van der Waals surface area (Å²) in [5, 5.41) is 9.28. The van der Waals surface area contributed by atoms with Crippen LogP contribution in [0.2, 0.25) is 0 Å². The molecule has 0 saturated carbocycles. The second-order valence-corrected chi connectivity index (χ2v) is 6.04. The molecule has 25 heavy (non-hydrogen) atoms. The van der Waals surface area contributed by atoms with Gasteiger partial charge in [0.15, 0.2) is 5.96 Å². The minimum Gasteiger partial charge on any atom is -0.467 e. The fraction of sp³-hybridized carbons (Fsp3) is 0.647. The summed E-state index contributed by atoms with van der Waals surface area (Å²) in [5.74, 6) is 1.33. The Morgan fingerprint density at radius 3 is 2.72 bits per heavy atom. The van der Waals surface area contributed by atoms with Gasteiger partial charge in [0.2, 0.25) is 5.91 Å². The van der Waals surface area contributed by atoms with Crippen molar-refractivity contribution in [3.63, 3.8) is 0 Å². The molecule has 0 radical (unpaired) electrons. The molecule has 3 N–H and O–H groups in total. The van der Waals surface area contributed by atoms with Crippen LogP contribution in [-0.4, -0.2) is 56.0 Å². The van der Waals surface area contributed by atoms with Gasteiger partial charge < -0.3 is 25.3 Å². The summed E-state index contributed by atoms with van der Waals surface area (Å²) in [6.45, 7) is 6.21. The van der Waals surface area contributed by atoms with Crippen molar-refractivity contribution in [3.05, 3.63) is 24.2 Å². The molecule has 142 valence electrons. The Balaban J connectivity index is 0.00000312. The summed E-state index contributed by atoms with van der Waals surface area (Å²) < 4.78 is 5.18. The van der Waals surface area contributed by atoms with Gasteiger partial charge in [0, 0.05) is 26.2 Å². The summed E-state index contributed by atoms with van der Waals surface area (Å²) >= 11 is 0. The maximum Gasteiger partial charge on any atom is 0.239 e. The summed E-state index contributed by atoms with van der Waals surface area (Å²) in [6.07, 6.45) is 5.00. The summed E-state index contributed by atoms with van der Waals surface area (Å²) in [4.78, 5) is 18.6. The molecule has 1 aromatic heterocycles. The molecule has 0 spiro atoms. The van der Waals surface area contributed by atoms with Crippen molar-refractivity contribution in [2.45, 2.75) is 38.8 Å². The number of carbonyl (C=O) groups excluding carboxylic acids is 1. The van der Waals surface area contributed by atoms with Gasteiger partial charge in [-0.1, -0.05) is 6.92 Å². The molecule has 2 heterocycles. The largest absolute Gasteiger partial charge is 0.467 e. The lowest BCUT2D eigenvalue weighted by Gasteiger charge is -2.32. The normalized spacial score (nSPS) is 16.2. The molecule has 0 aromatic carbocycles. The zero-order valence-electron chi connectivity index (χ0n) is 15.1. The van der Waals surface area contributed by atoms with Crippen molar-refractivity contribution >= 4 is 35.8 Å². The highest BCUT2D eigenvalue weighted by Crippen LogP contribution is 2.10. The van der Waals surface area contributed by atoms with Crippen LogP contribution in [0.4, 0.5) is 0 Å². The third kappa shape index (κ3) is 8.08. The third-order valence-electron chi connectivity index (χ3n) is 4.15. The Bertz CT molecular complexity index is 513. The van der Waals surface area contributed by atoms with E-state index in [2.05, 4.69) is 32.8 Å². The predicted molar refractivity (Wildman–Crippen MR) is 110 cm³/mol. The predicted octanol–water partition coefficient (Wildman–Crippen LogP) is 1.55. The van der Waals surface area contributed by atoms with Crippen molar-refractivity contribution < 1.29 is 9.21 Å². The second kappa shape index (κ2) is 12.1. The van der Waals surface area contributed by atoms with E-state index in [-0.39, 0.29) is 36.4 Å². The number of aliphatic imine (C=N–C) groups is 1. The molecule has 1 aromatic rings. The van der Waals surface area contributed by atoms with Gasteiger partial charge in [-0.25, -0.2) is 0 Å². The molecule has 1 aliphatic rings. The minimum atomic E-state index is -0.0906. The molecular weight excluding hydrogens is 433 g/mol.